The maximum absolute atomic E-state index is 13.8. The second-order valence-electron chi connectivity index (χ2n) is 9.40. The Bertz CT molecular complexity index is 1370. The summed E-state index contributed by atoms with van der Waals surface area (Å²) in [5.74, 6) is 0. The van der Waals surface area contributed by atoms with Crippen LogP contribution in [0.25, 0.3) is 11.0 Å². The molecule has 0 aliphatic carbocycles. The number of nitrogens with two attached hydrogens (primary N) is 1. The van der Waals surface area contributed by atoms with Crippen LogP contribution in [0.1, 0.15) is 26.3 Å². The number of fused-ring (bicyclic) bond motifs is 1. The molecule has 0 saturated carbocycles. The molecule has 0 aliphatic heterocycles. The van der Waals surface area contributed by atoms with Crippen molar-refractivity contribution in [3.63, 3.8) is 0 Å². The number of rotatable bonds is 6. The minimum Gasteiger partial charge on any atom is -0.423 e. The zero-order valence-corrected chi connectivity index (χ0v) is 21.3. The van der Waals surface area contributed by atoms with Gasteiger partial charge in [0.05, 0.1) is 6.16 Å². The van der Waals surface area contributed by atoms with Gasteiger partial charge in [-0.1, -0.05) is 81.4 Å². The van der Waals surface area contributed by atoms with E-state index in [-0.39, 0.29) is 11.7 Å². The summed E-state index contributed by atoms with van der Waals surface area (Å²) in [6, 6.07) is 25.4. The summed E-state index contributed by atoms with van der Waals surface area (Å²) in [4.78, 5) is 23.5. The van der Waals surface area contributed by atoms with Crippen molar-refractivity contribution in [2.24, 2.45) is 0 Å². The number of benzene rings is 3. The Morgan fingerprint density at radius 3 is 2.03 bits per heavy atom. The lowest BCUT2D eigenvalue weighted by atomic mass is 10.1. The number of anilines is 1. The summed E-state index contributed by atoms with van der Waals surface area (Å²) >= 11 is 0. The van der Waals surface area contributed by atoms with Crippen LogP contribution in [-0.2, 0) is 14.9 Å². The fraction of sp³-hybridized carbons (Fsp3) is 0.192. The molecule has 0 saturated heterocycles. The van der Waals surface area contributed by atoms with E-state index in [9.17, 15) is 14.3 Å². The highest BCUT2D eigenvalue weighted by molar-refractivity contribution is 7.54. The molecule has 0 radical (unpaired) electrons. The largest absolute Gasteiger partial charge is 0.423 e. The van der Waals surface area contributed by atoms with Crippen molar-refractivity contribution in [3.8, 4) is 0 Å². The third-order valence-electron chi connectivity index (χ3n) is 5.92. The summed E-state index contributed by atoms with van der Waals surface area (Å²) in [5.41, 5.74) is 6.30. The average Bonchev–Trinajstić information content (AvgIpc) is 2.77. The maximum Gasteiger partial charge on any atom is 0.336 e. The highest BCUT2D eigenvalue weighted by atomic mass is 31.2. The number of hydrogen-bond acceptors (Lipinski definition) is 5. The van der Waals surface area contributed by atoms with Crippen molar-refractivity contribution in [2.45, 2.75) is 32.0 Å². The lowest BCUT2D eigenvalue weighted by molar-refractivity contribution is 0.368. The van der Waals surface area contributed by atoms with E-state index in [1.807, 2.05) is 81.4 Å². The van der Waals surface area contributed by atoms with Gasteiger partial charge in [-0.2, -0.15) is 0 Å². The van der Waals surface area contributed by atoms with Gasteiger partial charge in [0.15, 0.2) is 0 Å². The fourth-order valence-corrected chi connectivity index (χ4v) is 12.4. The quantitative estimate of drug-likeness (QED) is 0.176. The molecule has 0 aliphatic rings. The van der Waals surface area contributed by atoms with Gasteiger partial charge in [-0.3, -0.25) is 4.57 Å². The minimum atomic E-state index is -4.25. The Labute approximate surface area is 199 Å². The second-order valence-corrected chi connectivity index (χ2v) is 15.7. The summed E-state index contributed by atoms with van der Waals surface area (Å²) < 4.78 is 25.5. The molecule has 0 amide bonds. The average molecular weight is 494 g/mol. The summed E-state index contributed by atoms with van der Waals surface area (Å²) in [6.07, 6.45) is -0.330. The molecule has 3 aromatic carbocycles. The minimum absolute atomic E-state index is 0.271. The first-order valence-corrected chi connectivity index (χ1v) is 14.6. The Morgan fingerprint density at radius 2 is 1.50 bits per heavy atom. The molecule has 176 valence electrons. The first-order valence-electron chi connectivity index (χ1n) is 11.0. The second kappa shape index (κ2) is 9.00. The Kier molecular flexibility index (Phi) is 6.40. The summed E-state index contributed by atoms with van der Waals surface area (Å²) in [7, 11) is -7.51. The standard InChI is InChI=1S/C26H28NO5PSi/c1-26(2,3)34(21-10-6-4-7-11-21,22-12-8-5-9-13-22)32-33(29,30)18-19-16-25(28)31-24-17-20(27)14-15-23(19)24/h4-17H,18,27H2,1-3H3,(H,29,30). The third-order valence-corrected chi connectivity index (χ3v) is 13.3. The van der Waals surface area contributed by atoms with Crippen LogP contribution in [0.15, 0.2) is 94.1 Å². The Morgan fingerprint density at radius 1 is 0.941 bits per heavy atom. The Hall–Kier alpha value is -2.96. The molecule has 6 nitrogen and oxygen atoms in total. The van der Waals surface area contributed by atoms with Crippen molar-refractivity contribution >= 4 is 42.9 Å². The molecule has 0 spiro atoms. The lowest BCUT2D eigenvalue weighted by Gasteiger charge is -2.43. The normalized spacial score (nSPS) is 14.1. The fourth-order valence-electron chi connectivity index (χ4n) is 4.46. The first kappa shape index (κ1) is 24.2. The van der Waals surface area contributed by atoms with Crippen molar-refractivity contribution in [1.29, 1.82) is 0 Å². The highest BCUT2D eigenvalue weighted by Gasteiger charge is 2.53. The van der Waals surface area contributed by atoms with Crippen molar-refractivity contribution in [3.05, 3.63) is 101 Å². The van der Waals surface area contributed by atoms with Crippen LogP contribution in [0.2, 0.25) is 5.04 Å². The number of nitrogen functional groups attached to an aromatic ring is 1. The lowest BCUT2D eigenvalue weighted by Crippen LogP contribution is -2.66. The molecular formula is C26H28NO5PSi. The van der Waals surface area contributed by atoms with E-state index in [4.69, 9.17) is 14.4 Å². The van der Waals surface area contributed by atoms with Crippen LogP contribution in [-0.4, -0.2) is 13.2 Å². The maximum atomic E-state index is 13.8. The molecule has 0 fully saturated rings. The molecule has 4 aromatic rings. The van der Waals surface area contributed by atoms with E-state index < -0.39 is 26.6 Å². The van der Waals surface area contributed by atoms with Gasteiger partial charge in [0.1, 0.15) is 5.58 Å². The molecule has 1 aromatic heterocycles. The van der Waals surface area contributed by atoms with Gasteiger partial charge in [-0.15, -0.1) is 0 Å². The summed E-state index contributed by atoms with van der Waals surface area (Å²) in [6.45, 7) is 6.11. The molecule has 8 heteroatoms. The van der Waals surface area contributed by atoms with Gasteiger partial charge in [0.25, 0.3) is 8.32 Å². The number of hydrogen-bond donors (Lipinski definition) is 2. The van der Waals surface area contributed by atoms with Crippen molar-refractivity contribution < 1.29 is 18.1 Å². The highest BCUT2D eigenvalue weighted by Crippen LogP contribution is 2.53. The predicted octanol–water partition coefficient (Wildman–Crippen LogP) is 4.64. The van der Waals surface area contributed by atoms with Gasteiger partial charge in [-0.25, -0.2) is 4.79 Å². The molecule has 1 heterocycles. The molecule has 1 atom stereocenters. The molecule has 0 bridgehead atoms. The van der Waals surface area contributed by atoms with E-state index in [0.29, 0.717) is 16.6 Å². The van der Waals surface area contributed by atoms with Crippen LogP contribution in [0.4, 0.5) is 5.69 Å². The van der Waals surface area contributed by atoms with Crippen LogP contribution < -0.4 is 21.7 Å². The van der Waals surface area contributed by atoms with E-state index >= 15 is 0 Å². The van der Waals surface area contributed by atoms with E-state index in [0.717, 1.165) is 10.4 Å². The SMILES string of the molecule is CC(C)(C)[Si](OP(=O)(O)Cc1cc(=O)oc2cc(N)ccc12)(c1ccccc1)c1ccccc1. The Balaban J connectivity index is 1.86. The van der Waals surface area contributed by atoms with Crippen LogP contribution in [0.3, 0.4) is 0 Å². The van der Waals surface area contributed by atoms with Gasteiger partial charge < -0.3 is 19.3 Å². The van der Waals surface area contributed by atoms with E-state index in [1.165, 1.54) is 12.1 Å². The van der Waals surface area contributed by atoms with E-state index in [2.05, 4.69) is 0 Å². The van der Waals surface area contributed by atoms with Crippen molar-refractivity contribution in [2.75, 3.05) is 5.73 Å². The molecule has 1 unspecified atom stereocenters. The van der Waals surface area contributed by atoms with Gasteiger partial charge in [-0.05, 0) is 33.1 Å². The van der Waals surface area contributed by atoms with Crippen LogP contribution in [0.5, 0.6) is 0 Å². The smallest absolute Gasteiger partial charge is 0.336 e. The topological polar surface area (TPSA) is 103 Å². The van der Waals surface area contributed by atoms with Crippen LogP contribution in [0, 0.1) is 0 Å². The zero-order chi connectivity index (χ0) is 24.6. The van der Waals surface area contributed by atoms with Gasteiger partial charge in [0, 0.05) is 23.2 Å². The monoisotopic (exact) mass is 493 g/mol. The first-order chi connectivity index (χ1) is 16.0. The predicted molar refractivity (Wildman–Crippen MR) is 139 cm³/mol. The molecular weight excluding hydrogens is 465 g/mol. The molecule has 34 heavy (non-hydrogen) atoms. The van der Waals surface area contributed by atoms with Crippen LogP contribution >= 0.6 is 7.60 Å². The molecule has 4 rings (SSSR count). The van der Waals surface area contributed by atoms with Crippen molar-refractivity contribution in [1.82, 2.24) is 0 Å². The van der Waals surface area contributed by atoms with E-state index in [1.54, 1.807) is 12.1 Å². The van der Waals surface area contributed by atoms with Gasteiger partial charge >= 0.3 is 13.2 Å². The van der Waals surface area contributed by atoms with Gasteiger partial charge in [0.2, 0.25) is 0 Å². The zero-order valence-electron chi connectivity index (χ0n) is 19.4. The third kappa shape index (κ3) is 4.65. The molecule has 3 N–H and O–H groups in total. The summed E-state index contributed by atoms with van der Waals surface area (Å²) in [5, 5.41) is 1.87.